The van der Waals surface area contributed by atoms with Crippen LogP contribution < -0.4 is 5.32 Å². The quantitative estimate of drug-likeness (QED) is 0.798. The van der Waals surface area contributed by atoms with E-state index in [1.165, 1.54) is 4.88 Å². The lowest BCUT2D eigenvalue weighted by Gasteiger charge is -2.24. The molecule has 1 amide bonds. The van der Waals surface area contributed by atoms with Crippen LogP contribution in [0.2, 0.25) is 0 Å². The number of rotatable bonds is 8. The van der Waals surface area contributed by atoms with Gasteiger partial charge in [0, 0.05) is 30.8 Å². The number of nitrogens with zero attached hydrogens (tertiary/aromatic N) is 2. The summed E-state index contributed by atoms with van der Waals surface area (Å²) >= 11 is 1.65. The monoisotopic (exact) mass is 345 g/mol. The van der Waals surface area contributed by atoms with Gasteiger partial charge in [-0.05, 0) is 36.4 Å². The summed E-state index contributed by atoms with van der Waals surface area (Å²) in [5.74, 6) is 0.0392. The third-order valence-corrected chi connectivity index (χ3v) is 4.88. The third kappa shape index (κ3) is 5.40. The van der Waals surface area contributed by atoms with Crippen molar-refractivity contribution in [1.29, 1.82) is 0 Å². The Morgan fingerprint density at radius 1 is 1.38 bits per heavy atom. The van der Waals surface area contributed by atoms with Gasteiger partial charge in [-0.15, -0.1) is 11.3 Å². The van der Waals surface area contributed by atoms with Gasteiger partial charge in [0.2, 0.25) is 5.91 Å². The van der Waals surface area contributed by atoms with E-state index in [4.69, 9.17) is 4.74 Å². The smallest absolute Gasteiger partial charge is 0.234 e. The fourth-order valence-electron chi connectivity index (χ4n) is 2.84. The van der Waals surface area contributed by atoms with E-state index in [0.717, 1.165) is 31.7 Å². The third-order valence-electron chi connectivity index (χ3n) is 4.00. The molecule has 1 fully saturated rings. The van der Waals surface area contributed by atoms with Crippen molar-refractivity contribution in [3.8, 4) is 0 Å². The summed E-state index contributed by atoms with van der Waals surface area (Å²) in [5.41, 5.74) is 0.974. The predicted octanol–water partition coefficient (Wildman–Crippen LogP) is 2.44. The molecule has 1 aliphatic rings. The number of aromatic nitrogens is 1. The highest BCUT2D eigenvalue weighted by Crippen LogP contribution is 2.14. The molecule has 6 heteroatoms. The molecule has 1 aliphatic heterocycles. The van der Waals surface area contributed by atoms with Gasteiger partial charge < -0.3 is 10.1 Å². The van der Waals surface area contributed by atoms with Gasteiger partial charge in [-0.2, -0.15) is 0 Å². The van der Waals surface area contributed by atoms with E-state index in [2.05, 4.69) is 15.2 Å². The summed E-state index contributed by atoms with van der Waals surface area (Å²) in [6.07, 6.45) is 4.18. The molecule has 3 rings (SSSR count). The van der Waals surface area contributed by atoms with Gasteiger partial charge in [-0.25, -0.2) is 0 Å². The second-order valence-corrected chi connectivity index (χ2v) is 7.01. The maximum atomic E-state index is 12.3. The Bertz CT molecular complexity index is 612. The lowest BCUT2D eigenvalue weighted by molar-refractivity contribution is -0.122. The Hall–Kier alpha value is -1.76. The van der Waals surface area contributed by atoms with Crippen molar-refractivity contribution in [2.24, 2.45) is 0 Å². The zero-order valence-electron chi connectivity index (χ0n) is 13.7. The predicted molar refractivity (Wildman–Crippen MR) is 94.7 cm³/mol. The number of carbonyl (C=O) groups excluding carboxylic acids is 1. The minimum absolute atomic E-state index is 0.0392. The molecule has 1 atom stereocenters. The average Bonchev–Trinajstić information content (AvgIpc) is 3.27. The Labute approximate surface area is 146 Å². The average molecular weight is 345 g/mol. The number of hydrogen-bond acceptors (Lipinski definition) is 5. The van der Waals surface area contributed by atoms with Crippen LogP contribution in [0.5, 0.6) is 0 Å². The van der Waals surface area contributed by atoms with Gasteiger partial charge >= 0.3 is 0 Å². The first-order valence-electron chi connectivity index (χ1n) is 8.32. The first-order valence-corrected chi connectivity index (χ1v) is 9.20. The summed E-state index contributed by atoms with van der Waals surface area (Å²) in [7, 11) is 0. The molecule has 1 unspecified atom stereocenters. The first kappa shape index (κ1) is 17.1. The van der Waals surface area contributed by atoms with E-state index < -0.39 is 0 Å². The topological polar surface area (TPSA) is 54.5 Å². The van der Waals surface area contributed by atoms with Gasteiger partial charge in [-0.1, -0.05) is 12.1 Å². The molecule has 2 aromatic heterocycles. The van der Waals surface area contributed by atoms with Gasteiger partial charge in [0.05, 0.1) is 24.9 Å². The van der Waals surface area contributed by atoms with Crippen molar-refractivity contribution >= 4 is 17.2 Å². The molecular weight excluding hydrogens is 322 g/mol. The van der Waals surface area contributed by atoms with E-state index in [1.807, 2.05) is 35.7 Å². The molecular formula is C18H23N3O2S. The minimum Gasteiger partial charge on any atom is -0.377 e. The molecule has 3 heterocycles. The highest BCUT2D eigenvalue weighted by atomic mass is 32.1. The Balaban J connectivity index is 1.54. The normalized spacial score (nSPS) is 17.3. The summed E-state index contributed by atoms with van der Waals surface area (Å²) in [6, 6.07) is 9.90. The number of thiophene rings is 1. The van der Waals surface area contributed by atoms with E-state index in [9.17, 15) is 4.79 Å². The van der Waals surface area contributed by atoms with Gasteiger partial charge in [0.25, 0.3) is 0 Å². The van der Waals surface area contributed by atoms with Crippen molar-refractivity contribution in [3.63, 3.8) is 0 Å². The Morgan fingerprint density at radius 2 is 2.33 bits per heavy atom. The largest absolute Gasteiger partial charge is 0.377 e. The highest BCUT2D eigenvalue weighted by Gasteiger charge is 2.21. The second-order valence-electron chi connectivity index (χ2n) is 5.98. The number of pyridine rings is 1. The molecule has 0 saturated carbocycles. The zero-order valence-corrected chi connectivity index (χ0v) is 14.5. The SMILES string of the molecule is O=C(CN(Cc1ccccn1)CC1CCCO1)NCc1cccs1. The van der Waals surface area contributed by atoms with Crippen LogP contribution >= 0.6 is 11.3 Å². The van der Waals surface area contributed by atoms with Gasteiger partial charge in [0.15, 0.2) is 0 Å². The molecule has 1 saturated heterocycles. The molecule has 2 aromatic rings. The molecule has 5 nitrogen and oxygen atoms in total. The summed E-state index contributed by atoms with van der Waals surface area (Å²) < 4.78 is 5.73. The summed E-state index contributed by atoms with van der Waals surface area (Å²) in [5, 5.41) is 5.01. The Morgan fingerprint density at radius 3 is 3.04 bits per heavy atom. The van der Waals surface area contributed by atoms with Crippen LogP contribution in [-0.4, -0.2) is 41.6 Å². The van der Waals surface area contributed by atoms with E-state index in [0.29, 0.717) is 19.6 Å². The van der Waals surface area contributed by atoms with Crippen LogP contribution in [0.1, 0.15) is 23.4 Å². The van der Waals surface area contributed by atoms with Crippen LogP contribution in [0.25, 0.3) is 0 Å². The molecule has 0 aliphatic carbocycles. The van der Waals surface area contributed by atoms with E-state index >= 15 is 0 Å². The van der Waals surface area contributed by atoms with E-state index in [-0.39, 0.29) is 12.0 Å². The van der Waals surface area contributed by atoms with Gasteiger partial charge in [-0.3, -0.25) is 14.7 Å². The number of ether oxygens (including phenoxy) is 1. The lowest BCUT2D eigenvalue weighted by Crippen LogP contribution is -2.40. The maximum Gasteiger partial charge on any atom is 0.234 e. The number of nitrogens with one attached hydrogen (secondary N) is 1. The lowest BCUT2D eigenvalue weighted by atomic mass is 10.2. The van der Waals surface area contributed by atoms with Crippen LogP contribution in [0.4, 0.5) is 0 Å². The van der Waals surface area contributed by atoms with E-state index in [1.54, 1.807) is 17.5 Å². The zero-order chi connectivity index (χ0) is 16.6. The fourth-order valence-corrected chi connectivity index (χ4v) is 3.48. The fraction of sp³-hybridized carbons (Fsp3) is 0.444. The van der Waals surface area contributed by atoms with Crippen LogP contribution in [-0.2, 0) is 22.6 Å². The summed E-state index contributed by atoms with van der Waals surface area (Å²) in [4.78, 5) is 20.0. The standard InChI is InChI=1S/C18H23N3O2S/c22-18(20-11-17-7-4-10-24-17)14-21(13-16-6-3-9-23-16)12-15-5-1-2-8-19-15/h1-2,4-5,7-8,10,16H,3,6,9,11-14H2,(H,20,22). The molecule has 24 heavy (non-hydrogen) atoms. The molecule has 0 aromatic carbocycles. The molecule has 1 N–H and O–H groups in total. The van der Waals surface area contributed by atoms with Crippen molar-refractivity contribution in [2.75, 3.05) is 19.7 Å². The van der Waals surface area contributed by atoms with Crippen molar-refractivity contribution in [1.82, 2.24) is 15.2 Å². The maximum absolute atomic E-state index is 12.3. The molecule has 0 radical (unpaired) electrons. The number of carbonyl (C=O) groups is 1. The van der Waals surface area contributed by atoms with Crippen molar-refractivity contribution in [2.45, 2.75) is 32.0 Å². The van der Waals surface area contributed by atoms with Crippen LogP contribution in [0, 0.1) is 0 Å². The summed E-state index contributed by atoms with van der Waals surface area (Å²) in [6.45, 7) is 3.21. The highest BCUT2D eigenvalue weighted by molar-refractivity contribution is 7.09. The molecule has 128 valence electrons. The second kappa shape index (κ2) is 8.92. The molecule has 0 spiro atoms. The first-order chi connectivity index (χ1) is 11.8. The minimum atomic E-state index is 0.0392. The van der Waals surface area contributed by atoms with Crippen molar-refractivity contribution in [3.05, 3.63) is 52.5 Å². The van der Waals surface area contributed by atoms with Crippen LogP contribution in [0.3, 0.4) is 0 Å². The Kier molecular flexibility index (Phi) is 6.34. The van der Waals surface area contributed by atoms with Crippen LogP contribution in [0.15, 0.2) is 41.9 Å². The molecule has 0 bridgehead atoms. The number of hydrogen-bond donors (Lipinski definition) is 1. The van der Waals surface area contributed by atoms with Gasteiger partial charge in [0.1, 0.15) is 0 Å². The van der Waals surface area contributed by atoms with Crippen molar-refractivity contribution < 1.29 is 9.53 Å². The number of amides is 1.